The first kappa shape index (κ1) is 20.8. The van der Waals surface area contributed by atoms with Gasteiger partial charge >= 0.3 is 11.9 Å². The zero-order chi connectivity index (χ0) is 21.2. The summed E-state index contributed by atoms with van der Waals surface area (Å²) in [6.07, 6.45) is 5.44. The fourth-order valence-electron chi connectivity index (χ4n) is 7.63. The van der Waals surface area contributed by atoms with E-state index in [1.54, 1.807) is 0 Å². The molecule has 4 rings (SSSR count). The van der Waals surface area contributed by atoms with Gasteiger partial charge in [0.05, 0.1) is 0 Å². The molecule has 6 nitrogen and oxygen atoms in total. The van der Waals surface area contributed by atoms with Crippen molar-refractivity contribution < 1.29 is 29.0 Å². The van der Waals surface area contributed by atoms with E-state index in [1.165, 1.54) is 13.8 Å². The molecule has 4 aliphatic rings. The normalized spacial score (nSPS) is 48.9. The van der Waals surface area contributed by atoms with Gasteiger partial charge in [-0.15, -0.1) is 0 Å². The maximum atomic E-state index is 13.2. The van der Waals surface area contributed by atoms with Gasteiger partial charge < -0.3 is 14.6 Å². The average Bonchev–Trinajstić information content (AvgIpc) is 2.87. The number of rotatable bonds is 2. The Morgan fingerprint density at radius 1 is 1.03 bits per heavy atom. The van der Waals surface area contributed by atoms with Crippen LogP contribution in [0, 0.1) is 28.6 Å². The van der Waals surface area contributed by atoms with E-state index in [0.29, 0.717) is 25.2 Å². The second kappa shape index (κ2) is 6.79. The Morgan fingerprint density at radius 3 is 2.38 bits per heavy atom. The van der Waals surface area contributed by atoms with Gasteiger partial charge in [0.25, 0.3) is 0 Å². The molecule has 1 N–H and O–H groups in total. The van der Waals surface area contributed by atoms with Crippen LogP contribution in [0.15, 0.2) is 0 Å². The molecular weight excluding hydrogens is 372 g/mol. The topological polar surface area (TPSA) is 89.9 Å². The Bertz CT molecular complexity index is 733. The highest BCUT2D eigenvalue weighted by molar-refractivity contribution is 5.91. The maximum Gasteiger partial charge on any atom is 0.302 e. The van der Waals surface area contributed by atoms with Crippen molar-refractivity contribution >= 4 is 17.7 Å². The predicted molar refractivity (Wildman–Crippen MR) is 105 cm³/mol. The van der Waals surface area contributed by atoms with Crippen molar-refractivity contribution in [3.63, 3.8) is 0 Å². The number of ether oxygens (including phenoxy) is 2. The zero-order valence-corrected chi connectivity index (χ0v) is 18.0. The van der Waals surface area contributed by atoms with Crippen molar-refractivity contribution in [2.45, 2.75) is 96.9 Å². The van der Waals surface area contributed by atoms with E-state index >= 15 is 0 Å². The molecule has 4 fully saturated rings. The van der Waals surface area contributed by atoms with Crippen LogP contribution in [-0.4, -0.2) is 40.6 Å². The lowest BCUT2D eigenvalue weighted by Crippen LogP contribution is -2.71. The van der Waals surface area contributed by atoms with E-state index in [9.17, 15) is 19.5 Å². The highest BCUT2D eigenvalue weighted by Crippen LogP contribution is 2.67. The standard InChI is InChI=1S/C23H34O6/c1-13(24)28-17-11-15-7-5-6-9-21(15,3)16-12-19(29-14(2)25)22(4)10-8-18(26)23(22,27)20(16)17/h15-17,19-20,27H,5-12H2,1-4H3/t15-,16+,17+,19+,20+,21+,22+,23-/m1/s1. The molecule has 0 unspecified atom stereocenters. The highest BCUT2D eigenvalue weighted by atomic mass is 16.6. The molecule has 6 heteroatoms. The monoisotopic (exact) mass is 406 g/mol. The van der Waals surface area contributed by atoms with Crippen LogP contribution in [0.4, 0.5) is 0 Å². The van der Waals surface area contributed by atoms with Gasteiger partial charge in [-0.3, -0.25) is 14.4 Å². The number of carbonyl (C=O) groups excluding carboxylic acids is 3. The van der Waals surface area contributed by atoms with E-state index in [4.69, 9.17) is 9.47 Å². The van der Waals surface area contributed by atoms with E-state index in [0.717, 1.165) is 25.7 Å². The second-order valence-corrected chi connectivity index (χ2v) is 10.4. The Balaban J connectivity index is 1.85. The lowest BCUT2D eigenvalue weighted by atomic mass is 9.42. The van der Waals surface area contributed by atoms with Gasteiger partial charge in [-0.25, -0.2) is 0 Å². The van der Waals surface area contributed by atoms with Crippen molar-refractivity contribution in [1.29, 1.82) is 0 Å². The lowest BCUT2D eigenvalue weighted by Gasteiger charge is -2.64. The molecule has 162 valence electrons. The Morgan fingerprint density at radius 2 is 1.72 bits per heavy atom. The minimum Gasteiger partial charge on any atom is -0.462 e. The fourth-order valence-corrected chi connectivity index (χ4v) is 7.63. The largest absolute Gasteiger partial charge is 0.462 e. The molecule has 0 aromatic rings. The molecule has 0 aliphatic heterocycles. The molecular formula is C23H34O6. The van der Waals surface area contributed by atoms with Crippen molar-refractivity contribution in [2.24, 2.45) is 28.6 Å². The number of carbonyl (C=O) groups is 3. The van der Waals surface area contributed by atoms with Crippen LogP contribution in [0.25, 0.3) is 0 Å². The van der Waals surface area contributed by atoms with Gasteiger partial charge in [-0.05, 0) is 49.4 Å². The Labute approximate surface area is 172 Å². The maximum absolute atomic E-state index is 13.2. The smallest absolute Gasteiger partial charge is 0.302 e. The molecule has 4 aliphatic carbocycles. The first-order valence-electron chi connectivity index (χ1n) is 11.1. The van der Waals surface area contributed by atoms with Crippen molar-refractivity contribution in [3.05, 3.63) is 0 Å². The van der Waals surface area contributed by atoms with E-state index in [-0.39, 0.29) is 35.5 Å². The van der Waals surface area contributed by atoms with Crippen molar-refractivity contribution in [2.75, 3.05) is 0 Å². The van der Waals surface area contributed by atoms with Gasteiger partial charge in [0, 0.05) is 31.6 Å². The zero-order valence-electron chi connectivity index (χ0n) is 18.0. The summed E-state index contributed by atoms with van der Waals surface area (Å²) < 4.78 is 11.5. The third kappa shape index (κ3) is 2.81. The van der Waals surface area contributed by atoms with Gasteiger partial charge in [0.15, 0.2) is 5.78 Å². The number of ketones is 1. The number of fused-ring (bicyclic) bond motifs is 5. The highest BCUT2D eigenvalue weighted by Gasteiger charge is 2.74. The number of hydrogen-bond donors (Lipinski definition) is 1. The third-order valence-corrected chi connectivity index (χ3v) is 9.10. The molecule has 0 aromatic heterocycles. The van der Waals surface area contributed by atoms with Gasteiger partial charge in [0.2, 0.25) is 0 Å². The molecule has 29 heavy (non-hydrogen) atoms. The van der Waals surface area contributed by atoms with E-state index in [1.807, 2.05) is 6.92 Å². The van der Waals surface area contributed by atoms with Crippen LogP contribution in [0.3, 0.4) is 0 Å². The van der Waals surface area contributed by atoms with E-state index < -0.39 is 29.1 Å². The SMILES string of the molecule is CC(=O)O[C@H]1C[C@H]2CCCC[C@]2(C)[C@H]2C[C@H](OC(C)=O)[C@]3(C)CCC(=O)[C@@]3(O)[C@H]12. The molecule has 0 bridgehead atoms. The Kier molecular flexibility index (Phi) is 4.88. The summed E-state index contributed by atoms with van der Waals surface area (Å²) in [4.78, 5) is 37.0. The molecule has 0 heterocycles. The summed E-state index contributed by atoms with van der Waals surface area (Å²) in [5, 5.41) is 12.1. The van der Waals surface area contributed by atoms with Gasteiger partial charge in [-0.2, -0.15) is 0 Å². The first-order chi connectivity index (χ1) is 13.5. The summed E-state index contributed by atoms with van der Waals surface area (Å²) in [6.45, 7) is 6.93. The predicted octanol–water partition coefficient (Wildman–Crippen LogP) is 3.19. The van der Waals surface area contributed by atoms with Crippen molar-refractivity contribution in [3.8, 4) is 0 Å². The molecule has 0 saturated heterocycles. The second-order valence-electron chi connectivity index (χ2n) is 10.4. The molecule has 0 aromatic carbocycles. The van der Waals surface area contributed by atoms with Crippen molar-refractivity contribution in [1.82, 2.24) is 0 Å². The summed E-state index contributed by atoms with van der Waals surface area (Å²) >= 11 is 0. The van der Waals surface area contributed by atoms with Crippen LogP contribution >= 0.6 is 0 Å². The lowest BCUT2D eigenvalue weighted by molar-refractivity contribution is -0.260. The van der Waals surface area contributed by atoms with Crippen LogP contribution in [0.2, 0.25) is 0 Å². The molecule has 4 saturated carbocycles. The number of esters is 2. The molecule has 0 radical (unpaired) electrons. The summed E-state index contributed by atoms with van der Waals surface area (Å²) in [5.74, 6) is -1.04. The average molecular weight is 407 g/mol. The number of hydrogen-bond acceptors (Lipinski definition) is 6. The third-order valence-electron chi connectivity index (χ3n) is 9.10. The quantitative estimate of drug-likeness (QED) is 0.709. The fraction of sp³-hybridized carbons (Fsp3) is 0.870. The van der Waals surface area contributed by atoms with Crippen LogP contribution < -0.4 is 0 Å². The number of Topliss-reactive ketones (excluding diaryl/α,β-unsaturated/α-hetero) is 1. The molecule has 8 atom stereocenters. The van der Waals surface area contributed by atoms with Gasteiger partial charge in [0.1, 0.15) is 17.8 Å². The number of aliphatic hydroxyl groups is 1. The summed E-state index contributed by atoms with van der Waals surface area (Å²) in [5.41, 5.74) is -2.55. The minimum absolute atomic E-state index is 0.0321. The van der Waals surface area contributed by atoms with Crippen LogP contribution in [0.1, 0.15) is 79.1 Å². The summed E-state index contributed by atoms with van der Waals surface area (Å²) in [7, 11) is 0. The summed E-state index contributed by atoms with van der Waals surface area (Å²) in [6, 6.07) is 0. The van der Waals surface area contributed by atoms with Crippen LogP contribution in [-0.2, 0) is 23.9 Å². The van der Waals surface area contributed by atoms with Crippen LogP contribution in [0.5, 0.6) is 0 Å². The Hall–Kier alpha value is -1.43. The van der Waals surface area contributed by atoms with Gasteiger partial charge in [-0.1, -0.05) is 26.7 Å². The first-order valence-corrected chi connectivity index (χ1v) is 11.1. The molecule has 0 spiro atoms. The van der Waals surface area contributed by atoms with E-state index in [2.05, 4.69) is 6.92 Å². The minimum atomic E-state index is -1.64. The molecule has 0 amide bonds.